The molecular weight excluding hydrogens is 386 g/mol. The second-order valence-corrected chi connectivity index (χ2v) is 6.56. The summed E-state index contributed by atoms with van der Waals surface area (Å²) < 4.78 is 2.13. The maximum absolute atomic E-state index is 6.40. The Balaban J connectivity index is 0.00000208. The molecule has 0 bridgehead atoms. The van der Waals surface area contributed by atoms with E-state index in [2.05, 4.69) is 10.6 Å². The van der Waals surface area contributed by atoms with E-state index in [0.29, 0.717) is 21.6 Å². The molecule has 2 N–H and O–H groups in total. The summed E-state index contributed by atoms with van der Waals surface area (Å²) in [5.41, 5.74) is 10.9. The first-order valence-electron chi connectivity index (χ1n) is 7.14. The lowest BCUT2D eigenvalue weighted by Crippen LogP contribution is -2.02. The zero-order valence-corrected chi connectivity index (χ0v) is 16.0. The Hall–Kier alpha value is -1.16. The van der Waals surface area contributed by atoms with E-state index in [9.17, 15) is 0 Å². The monoisotopic (exact) mass is 400 g/mol. The summed E-state index contributed by atoms with van der Waals surface area (Å²) in [6, 6.07) is 15.3. The van der Waals surface area contributed by atoms with Crippen molar-refractivity contribution >= 4 is 47.2 Å². The van der Waals surface area contributed by atoms with Crippen LogP contribution in [-0.4, -0.2) is 4.57 Å². The van der Waals surface area contributed by atoms with Crippen LogP contribution in [-0.2, 0) is 6.54 Å². The Morgan fingerprint density at radius 1 is 0.917 bits per heavy atom. The van der Waals surface area contributed by atoms with Gasteiger partial charge in [0.2, 0.25) is 0 Å². The van der Waals surface area contributed by atoms with Gasteiger partial charge in [0, 0.05) is 33.5 Å². The van der Waals surface area contributed by atoms with Gasteiger partial charge in [0.15, 0.2) is 0 Å². The molecular formula is C18H16Cl4N2. The first kappa shape index (κ1) is 19.2. The van der Waals surface area contributed by atoms with E-state index in [1.165, 1.54) is 0 Å². The standard InChI is InChI=1S/C18H15Cl3N2.ClH/c1-11-12(10-22)8-18(16-7-4-14(20)9-17(16)21)23(11)15-5-2-13(19)3-6-15;/h2-9H,10,22H2,1H3;1H. The van der Waals surface area contributed by atoms with Crippen molar-refractivity contribution in [2.75, 3.05) is 0 Å². The van der Waals surface area contributed by atoms with Crippen molar-refractivity contribution in [3.05, 3.63) is 74.9 Å². The van der Waals surface area contributed by atoms with E-state index in [1.807, 2.05) is 43.3 Å². The summed E-state index contributed by atoms with van der Waals surface area (Å²) in [6.07, 6.45) is 0. The molecule has 0 aliphatic heterocycles. The van der Waals surface area contributed by atoms with E-state index in [-0.39, 0.29) is 12.4 Å². The Kier molecular flexibility index (Phi) is 6.24. The maximum Gasteiger partial charge on any atom is 0.0549 e. The number of halogens is 4. The summed E-state index contributed by atoms with van der Waals surface area (Å²) in [6.45, 7) is 2.51. The maximum atomic E-state index is 6.40. The molecule has 0 atom stereocenters. The number of aromatic nitrogens is 1. The predicted molar refractivity (Wildman–Crippen MR) is 106 cm³/mol. The number of hydrogen-bond donors (Lipinski definition) is 1. The highest BCUT2D eigenvalue weighted by Gasteiger charge is 2.16. The van der Waals surface area contributed by atoms with Gasteiger partial charge in [0.1, 0.15) is 0 Å². The van der Waals surface area contributed by atoms with E-state index in [4.69, 9.17) is 40.5 Å². The molecule has 0 saturated carbocycles. The largest absolute Gasteiger partial charge is 0.326 e. The van der Waals surface area contributed by atoms with E-state index >= 15 is 0 Å². The van der Waals surface area contributed by atoms with Gasteiger partial charge >= 0.3 is 0 Å². The van der Waals surface area contributed by atoms with Gasteiger partial charge in [-0.1, -0.05) is 34.8 Å². The minimum absolute atomic E-state index is 0. The van der Waals surface area contributed by atoms with Gasteiger partial charge in [0.05, 0.1) is 10.7 Å². The van der Waals surface area contributed by atoms with Crippen LogP contribution in [0.1, 0.15) is 11.3 Å². The zero-order valence-electron chi connectivity index (χ0n) is 12.9. The summed E-state index contributed by atoms with van der Waals surface area (Å²) in [4.78, 5) is 0. The second kappa shape index (κ2) is 7.81. The summed E-state index contributed by atoms with van der Waals surface area (Å²) in [5, 5.41) is 1.91. The number of rotatable bonds is 3. The minimum atomic E-state index is 0. The molecule has 0 amide bonds. The van der Waals surface area contributed by atoms with Gasteiger partial charge in [0.25, 0.3) is 0 Å². The molecule has 0 fully saturated rings. The van der Waals surface area contributed by atoms with Crippen LogP contribution in [0.5, 0.6) is 0 Å². The van der Waals surface area contributed by atoms with Gasteiger partial charge < -0.3 is 10.3 Å². The molecule has 2 aromatic carbocycles. The molecule has 0 aliphatic rings. The van der Waals surface area contributed by atoms with Crippen molar-refractivity contribution in [1.29, 1.82) is 0 Å². The topological polar surface area (TPSA) is 30.9 Å². The number of benzene rings is 2. The van der Waals surface area contributed by atoms with Crippen LogP contribution >= 0.6 is 47.2 Å². The smallest absolute Gasteiger partial charge is 0.0549 e. The molecule has 0 radical (unpaired) electrons. The summed E-state index contributed by atoms with van der Waals surface area (Å²) in [7, 11) is 0. The molecule has 0 saturated heterocycles. The molecule has 2 nitrogen and oxygen atoms in total. The Morgan fingerprint density at radius 2 is 1.54 bits per heavy atom. The van der Waals surface area contributed by atoms with Crippen molar-refractivity contribution in [3.63, 3.8) is 0 Å². The molecule has 1 heterocycles. The van der Waals surface area contributed by atoms with Gasteiger partial charge in [-0.25, -0.2) is 0 Å². The van der Waals surface area contributed by atoms with Crippen LogP contribution in [0.25, 0.3) is 16.9 Å². The third-order valence-electron chi connectivity index (χ3n) is 3.86. The van der Waals surface area contributed by atoms with Crippen molar-refractivity contribution in [2.24, 2.45) is 5.73 Å². The van der Waals surface area contributed by atoms with Gasteiger partial charge in [-0.05, 0) is 61.0 Å². The SMILES string of the molecule is Cc1c(CN)cc(-c2ccc(Cl)cc2Cl)n1-c1ccc(Cl)cc1.Cl. The quantitative estimate of drug-likeness (QED) is 0.548. The minimum Gasteiger partial charge on any atom is -0.326 e. The molecule has 126 valence electrons. The van der Waals surface area contributed by atoms with Crippen LogP contribution in [0, 0.1) is 6.92 Å². The molecule has 0 spiro atoms. The first-order chi connectivity index (χ1) is 11.0. The molecule has 0 unspecified atom stereocenters. The van der Waals surface area contributed by atoms with E-state index < -0.39 is 0 Å². The van der Waals surface area contributed by atoms with Crippen molar-refractivity contribution in [1.82, 2.24) is 4.57 Å². The van der Waals surface area contributed by atoms with E-state index in [1.54, 1.807) is 6.07 Å². The van der Waals surface area contributed by atoms with Crippen molar-refractivity contribution in [3.8, 4) is 16.9 Å². The van der Waals surface area contributed by atoms with E-state index in [0.717, 1.165) is 28.2 Å². The van der Waals surface area contributed by atoms with Gasteiger partial charge in [-0.2, -0.15) is 0 Å². The third kappa shape index (κ3) is 3.58. The number of nitrogens with two attached hydrogens (primary N) is 1. The molecule has 1 aromatic heterocycles. The van der Waals surface area contributed by atoms with Gasteiger partial charge in [-0.3, -0.25) is 0 Å². The molecule has 24 heavy (non-hydrogen) atoms. The van der Waals surface area contributed by atoms with Crippen LogP contribution in [0.15, 0.2) is 48.5 Å². The van der Waals surface area contributed by atoms with Crippen LogP contribution in [0.4, 0.5) is 0 Å². The Labute approximate surface area is 162 Å². The third-order valence-corrected chi connectivity index (χ3v) is 4.66. The highest BCUT2D eigenvalue weighted by molar-refractivity contribution is 6.36. The van der Waals surface area contributed by atoms with Crippen molar-refractivity contribution in [2.45, 2.75) is 13.5 Å². The fourth-order valence-electron chi connectivity index (χ4n) is 2.68. The average Bonchev–Trinajstić information content (AvgIpc) is 2.85. The van der Waals surface area contributed by atoms with Crippen LogP contribution in [0.2, 0.25) is 15.1 Å². The fraction of sp³-hybridized carbons (Fsp3) is 0.111. The molecule has 6 heteroatoms. The highest BCUT2D eigenvalue weighted by atomic mass is 35.5. The lowest BCUT2D eigenvalue weighted by atomic mass is 10.1. The van der Waals surface area contributed by atoms with Crippen molar-refractivity contribution < 1.29 is 0 Å². The summed E-state index contributed by atoms with van der Waals surface area (Å²) in [5.74, 6) is 0. The predicted octanol–water partition coefficient (Wildman–Crippen LogP) is 6.29. The second-order valence-electron chi connectivity index (χ2n) is 5.28. The normalized spacial score (nSPS) is 10.5. The summed E-state index contributed by atoms with van der Waals surface area (Å²) >= 11 is 18.4. The average molecular weight is 402 g/mol. The Morgan fingerprint density at radius 3 is 2.12 bits per heavy atom. The lowest BCUT2D eigenvalue weighted by molar-refractivity contribution is 0.975. The number of nitrogens with zero attached hydrogens (tertiary/aromatic N) is 1. The van der Waals surface area contributed by atoms with Crippen LogP contribution in [0.3, 0.4) is 0 Å². The van der Waals surface area contributed by atoms with Gasteiger partial charge in [-0.15, -0.1) is 12.4 Å². The first-order valence-corrected chi connectivity index (χ1v) is 8.27. The fourth-order valence-corrected chi connectivity index (χ4v) is 3.31. The van der Waals surface area contributed by atoms with Crippen LogP contribution < -0.4 is 5.73 Å². The molecule has 3 rings (SSSR count). The Bertz CT molecular complexity index is 854. The highest BCUT2D eigenvalue weighted by Crippen LogP contribution is 2.35. The lowest BCUT2D eigenvalue weighted by Gasteiger charge is -2.13. The molecule has 3 aromatic rings. The number of hydrogen-bond acceptors (Lipinski definition) is 1. The zero-order chi connectivity index (χ0) is 16.6. The molecule has 0 aliphatic carbocycles.